The van der Waals surface area contributed by atoms with Crippen LogP contribution in [0.1, 0.15) is 165 Å². The Morgan fingerprint density at radius 1 is 0.340 bits per heavy atom. The van der Waals surface area contributed by atoms with Crippen LogP contribution in [0.5, 0.6) is 0 Å². The molecule has 4 aromatic carbocycles. The van der Waals surface area contributed by atoms with Crippen LogP contribution in [0, 0.1) is 11.3 Å². The fourth-order valence-corrected chi connectivity index (χ4v) is 19.3. The van der Waals surface area contributed by atoms with Crippen molar-refractivity contribution in [1.82, 2.24) is 126 Å². The first-order valence-electron chi connectivity index (χ1n) is 48.9. The van der Waals surface area contributed by atoms with Gasteiger partial charge < -0.3 is 49.8 Å². The number of piperidine rings is 4. The van der Waals surface area contributed by atoms with Crippen molar-refractivity contribution >= 4 is 128 Å². The summed E-state index contributed by atoms with van der Waals surface area (Å²) >= 11 is 0. The number of pyridine rings is 8. The van der Waals surface area contributed by atoms with E-state index in [2.05, 4.69) is 204 Å². The molecule has 4 aliphatic heterocycles. The molecular weight excluding hydrogens is 1800 g/mol. The maximum absolute atomic E-state index is 12.6. The van der Waals surface area contributed by atoms with Crippen molar-refractivity contribution in [3.63, 3.8) is 0 Å². The molecular formula is C112H130N30O2. The number of H-pyrrole nitrogens is 8. The number of anilines is 5. The number of aromatic amines is 8. The Balaban J connectivity index is 0.000000131. The van der Waals surface area contributed by atoms with Crippen molar-refractivity contribution in [3.8, 4) is 90.6 Å². The lowest BCUT2D eigenvalue weighted by Crippen LogP contribution is -2.29. The molecule has 16 aromatic heterocycles. The second-order valence-electron chi connectivity index (χ2n) is 38.6. The number of carbonyl (C=O) groups is 2. The highest BCUT2D eigenvalue weighted by atomic mass is 16.1. The zero-order chi connectivity index (χ0) is 95.5. The fourth-order valence-electron chi connectivity index (χ4n) is 19.3. The van der Waals surface area contributed by atoms with E-state index in [0.29, 0.717) is 24.5 Å². The SMILES string of the molecule is C.C.C.C.CC(C)(C)C(=O)Cc1cncc(-c2ccc3[nH]nc(-c4nc5c(N6CCCCC6)cncc5[nH]4)c3c2)c1.CC(C)C(=O)Cc1cncc(-c2ccc3[nH]nc(-c4nc5c(N6CCCCC6)cncc5[nH]4)c3c2)c1.CCNCc1cncc(-c2ccc3[nH]nc(-c4nc5c(N6CCCCC6)cncc5[nH]4)c3c2)c1.CN(C)c1cncc(-c2ccc3[nH]nc(-c4nc5c(N6CCCCC6)cncc5[nH]4)c3c2)c1. The normalized spacial score (nSPS) is 14.0. The van der Waals surface area contributed by atoms with Gasteiger partial charge in [0.1, 0.15) is 56.4 Å². The molecule has 32 nitrogen and oxygen atoms in total. The van der Waals surface area contributed by atoms with E-state index >= 15 is 0 Å². The summed E-state index contributed by atoms with van der Waals surface area (Å²) in [6.45, 7) is 21.9. The number of imidazole rings is 4. The average Bonchev–Trinajstić information content (AvgIpc) is 1.63. The van der Waals surface area contributed by atoms with Crippen LogP contribution in [-0.2, 0) is 29.0 Å². The van der Waals surface area contributed by atoms with Gasteiger partial charge in [0.15, 0.2) is 23.3 Å². The van der Waals surface area contributed by atoms with Gasteiger partial charge in [-0.3, -0.25) is 69.9 Å². The summed E-state index contributed by atoms with van der Waals surface area (Å²) < 4.78 is 0. The van der Waals surface area contributed by atoms with Crippen molar-refractivity contribution in [2.24, 2.45) is 11.3 Å². The Bertz CT molecular complexity index is 7890. The summed E-state index contributed by atoms with van der Waals surface area (Å²) in [5.41, 5.74) is 30.8. The number of fused-ring (bicyclic) bond motifs is 8. The Morgan fingerprint density at radius 3 is 0.924 bits per heavy atom. The van der Waals surface area contributed by atoms with Gasteiger partial charge in [-0.1, -0.05) is 95.5 Å². The van der Waals surface area contributed by atoms with Crippen LogP contribution in [0.25, 0.3) is 178 Å². The van der Waals surface area contributed by atoms with Crippen molar-refractivity contribution in [2.45, 2.75) is 168 Å². The number of aromatic nitrogens is 24. The van der Waals surface area contributed by atoms with Crippen molar-refractivity contribution in [3.05, 3.63) is 213 Å². The van der Waals surface area contributed by atoms with Crippen LogP contribution >= 0.6 is 0 Å². The Kier molecular flexibility index (Phi) is 30.3. The van der Waals surface area contributed by atoms with Gasteiger partial charge in [-0.25, -0.2) is 19.9 Å². The monoisotopic (exact) mass is 1930 g/mol. The van der Waals surface area contributed by atoms with Gasteiger partial charge in [0.25, 0.3) is 0 Å². The zero-order valence-corrected chi connectivity index (χ0v) is 80.2. The van der Waals surface area contributed by atoms with Gasteiger partial charge in [0.05, 0.1) is 128 Å². The smallest absolute Gasteiger partial charge is 0.159 e. The third kappa shape index (κ3) is 21.1. The summed E-state index contributed by atoms with van der Waals surface area (Å²) in [7, 11) is 4.04. The fraction of sp³-hybridized carbons (Fsp3) is 0.339. The summed E-state index contributed by atoms with van der Waals surface area (Å²) in [4.78, 5) is 106. The Labute approximate surface area is 838 Å². The van der Waals surface area contributed by atoms with E-state index in [-0.39, 0.29) is 52.6 Å². The van der Waals surface area contributed by atoms with Crippen LogP contribution < -0.4 is 29.8 Å². The minimum Gasteiger partial charge on any atom is -0.376 e. The number of benzene rings is 4. The second-order valence-corrected chi connectivity index (χ2v) is 38.6. The number of Topliss-reactive ketones (excluding diaryl/α,β-unsaturated/α-hetero) is 2. The highest BCUT2D eigenvalue weighted by molar-refractivity contribution is 6.03. The Morgan fingerprint density at radius 2 is 0.625 bits per heavy atom. The van der Waals surface area contributed by atoms with Crippen LogP contribution in [0.3, 0.4) is 0 Å². The molecule has 740 valence electrons. The third-order valence-electron chi connectivity index (χ3n) is 27.2. The first-order valence-corrected chi connectivity index (χ1v) is 48.9. The maximum Gasteiger partial charge on any atom is 0.159 e. The molecule has 0 radical (unpaired) electrons. The van der Waals surface area contributed by atoms with Gasteiger partial charge in [-0.15, -0.1) is 0 Å². The van der Waals surface area contributed by atoms with Gasteiger partial charge in [-0.05, 0) is 195 Å². The lowest BCUT2D eigenvalue weighted by molar-refractivity contribution is -0.125. The number of hydrogen-bond donors (Lipinski definition) is 9. The van der Waals surface area contributed by atoms with Crippen molar-refractivity contribution in [1.29, 1.82) is 0 Å². The number of nitrogens with one attached hydrogen (secondary N) is 9. The molecule has 0 amide bonds. The predicted molar refractivity (Wildman–Crippen MR) is 583 cm³/mol. The molecule has 4 aliphatic rings. The summed E-state index contributed by atoms with van der Waals surface area (Å²) in [6, 6.07) is 33.4. The first-order chi connectivity index (χ1) is 68.4. The molecule has 20 aromatic rings. The number of carbonyl (C=O) groups excluding carboxylic acids is 2. The number of hydrogen-bond acceptors (Lipinski definition) is 24. The van der Waals surface area contributed by atoms with E-state index in [1.165, 1.54) is 82.6 Å². The molecule has 20 heterocycles. The molecule has 9 N–H and O–H groups in total. The summed E-state index contributed by atoms with van der Waals surface area (Å²) in [5.74, 6) is 3.35. The lowest BCUT2D eigenvalue weighted by atomic mass is 9.87. The lowest BCUT2D eigenvalue weighted by Gasteiger charge is -2.28. The first kappa shape index (κ1) is 99.7. The van der Waals surface area contributed by atoms with Gasteiger partial charge in [0, 0.05) is 184 Å². The molecule has 4 fully saturated rings. The molecule has 32 heteroatoms. The number of rotatable bonds is 21. The van der Waals surface area contributed by atoms with Crippen LogP contribution in [0.15, 0.2) is 196 Å². The van der Waals surface area contributed by atoms with Crippen LogP contribution in [0.2, 0.25) is 0 Å². The zero-order valence-electron chi connectivity index (χ0n) is 80.2. The molecule has 0 aliphatic carbocycles. The maximum atomic E-state index is 12.6. The van der Waals surface area contributed by atoms with Gasteiger partial charge in [0.2, 0.25) is 0 Å². The molecule has 24 rings (SSSR count). The third-order valence-corrected chi connectivity index (χ3v) is 27.2. The quantitative estimate of drug-likeness (QED) is 0.0323. The molecule has 0 unspecified atom stereocenters. The minimum absolute atomic E-state index is 0. The largest absolute Gasteiger partial charge is 0.376 e. The second kappa shape index (κ2) is 43.7. The molecule has 144 heavy (non-hydrogen) atoms. The highest BCUT2D eigenvalue weighted by Gasteiger charge is 2.28. The molecule has 4 saturated heterocycles. The van der Waals surface area contributed by atoms with E-state index in [4.69, 9.17) is 19.9 Å². The number of ketones is 2. The van der Waals surface area contributed by atoms with E-state index < -0.39 is 0 Å². The van der Waals surface area contributed by atoms with Crippen LogP contribution in [-0.4, -0.2) is 205 Å². The standard InChI is InChI=1S/C29H31N7O.C28H29N7O.C26H28N8.C25H26N8.4CH4/c1-29(2,3)25(37)12-18-11-20(15-30-14-18)19-7-8-22-21(13-19)26(35-34-22)28-32-23-16-31-17-24(27(23)33-28)36-9-5-4-6-10-36;1-17(2)25(36)11-18-10-20(14-29-13-18)19-6-7-22-21(12-19)26(34-33-22)28-31-23-15-30-16-24(27(23)32-28)35-8-4-3-5-9-35;1-2-27-12-17-10-19(14-28-13-17)18-6-7-21-20(11-18)24(33-32-21)26-30-22-15-29-16-23(25(22)31-26)34-8-4-3-5-9-34;1-32(2)18-10-17(12-26-13-18)16-6-7-20-19(11-16)23(31-30-20)25-28-21-14-27-15-22(24(21)29-25)33-8-4-3-5-9-33;;;;/h7-8,11,13-17H,4-6,9-10,12H2,1-3H3,(H,32,33)(H,34,35);6-7,10,12-17H,3-5,8-9,11H2,1-2H3,(H,31,32)(H,33,34);6-7,10-11,13-16,27H,2-5,8-9,12H2,1H3,(H,30,31)(H,32,33);6-7,10-15H,3-5,8-9H2,1-2H3,(H,28,29)(H,30,31);4*1H4. The molecule has 0 saturated carbocycles. The van der Waals surface area contributed by atoms with Crippen LogP contribution in [0.4, 0.5) is 28.4 Å². The minimum atomic E-state index is -0.378. The van der Waals surface area contributed by atoms with Gasteiger partial charge in [-0.2, -0.15) is 20.4 Å². The van der Waals surface area contributed by atoms with E-state index in [0.717, 1.165) is 272 Å². The average molecular weight is 1930 g/mol. The summed E-state index contributed by atoms with van der Waals surface area (Å²) in [5, 5.41) is 38.4. The van der Waals surface area contributed by atoms with E-state index in [1.54, 1.807) is 12.4 Å². The topological polar surface area (TPSA) is 395 Å². The molecule has 0 bridgehead atoms. The van der Waals surface area contributed by atoms with Crippen molar-refractivity contribution < 1.29 is 9.59 Å². The van der Waals surface area contributed by atoms with Crippen molar-refractivity contribution in [2.75, 3.05) is 97.5 Å². The summed E-state index contributed by atoms with van der Waals surface area (Å²) in [6.07, 6.45) is 45.4. The van der Waals surface area contributed by atoms with E-state index in [9.17, 15) is 9.59 Å². The highest BCUT2D eigenvalue weighted by Crippen LogP contribution is 2.41. The number of nitrogens with zero attached hydrogens (tertiary/aromatic N) is 21. The van der Waals surface area contributed by atoms with E-state index in [1.807, 2.05) is 166 Å². The Hall–Kier alpha value is -15.9. The molecule has 0 spiro atoms. The molecule has 0 atom stereocenters. The van der Waals surface area contributed by atoms with Gasteiger partial charge >= 0.3 is 0 Å². The predicted octanol–water partition coefficient (Wildman–Crippen LogP) is 22.9.